The monoisotopic (exact) mass is 265 g/mol. The van der Waals surface area contributed by atoms with E-state index in [-0.39, 0.29) is 5.54 Å². The molecule has 0 aromatic rings. The molecule has 112 valence electrons. The first kappa shape index (κ1) is 15.4. The summed E-state index contributed by atoms with van der Waals surface area (Å²) in [7, 11) is 0. The Kier molecular flexibility index (Phi) is 4.65. The van der Waals surface area contributed by atoms with E-state index in [9.17, 15) is 0 Å². The molecule has 1 nitrogen and oxygen atoms in total. The van der Waals surface area contributed by atoms with Crippen LogP contribution in [0.3, 0.4) is 0 Å². The van der Waals surface area contributed by atoms with E-state index in [1.807, 2.05) is 0 Å². The minimum Gasteiger partial charge on any atom is -0.325 e. The van der Waals surface area contributed by atoms with Crippen LogP contribution in [0.4, 0.5) is 0 Å². The molecule has 0 heterocycles. The van der Waals surface area contributed by atoms with E-state index in [0.29, 0.717) is 5.41 Å². The minimum absolute atomic E-state index is 0.134. The second kappa shape index (κ2) is 5.76. The van der Waals surface area contributed by atoms with Gasteiger partial charge < -0.3 is 5.73 Å². The summed E-state index contributed by atoms with van der Waals surface area (Å²) < 4.78 is 0. The van der Waals surface area contributed by atoms with Gasteiger partial charge in [0.1, 0.15) is 0 Å². The summed E-state index contributed by atoms with van der Waals surface area (Å²) in [5.74, 6) is 2.49. The van der Waals surface area contributed by atoms with E-state index in [1.54, 1.807) is 0 Å². The van der Waals surface area contributed by atoms with Crippen molar-refractivity contribution in [3.05, 3.63) is 0 Å². The van der Waals surface area contributed by atoms with E-state index in [2.05, 4.69) is 27.7 Å². The second-order valence-corrected chi connectivity index (χ2v) is 8.40. The standard InChI is InChI=1S/C18H35N/c1-5-14-9-11-15(12-10-14)18(19)13-7-6-8-16(18)17(2,3)4/h14-16H,5-13,19H2,1-4H3. The Morgan fingerprint density at radius 2 is 1.63 bits per heavy atom. The maximum Gasteiger partial charge on any atom is 0.0216 e. The highest BCUT2D eigenvalue weighted by molar-refractivity contribution is 5.03. The average Bonchev–Trinajstić information content (AvgIpc) is 2.38. The Hall–Kier alpha value is -0.0400. The highest BCUT2D eigenvalue weighted by Gasteiger charge is 2.48. The van der Waals surface area contributed by atoms with Crippen LogP contribution in [0.25, 0.3) is 0 Å². The van der Waals surface area contributed by atoms with Crippen molar-refractivity contribution in [3.63, 3.8) is 0 Å². The summed E-state index contributed by atoms with van der Waals surface area (Å²) in [6, 6.07) is 0. The smallest absolute Gasteiger partial charge is 0.0216 e. The predicted octanol–water partition coefficient (Wildman–Crippen LogP) is 5.14. The molecule has 2 aliphatic carbocycles. The van der Waals surface area contributed by atoms with Crippen LogP contribution < -0.4 is 5.73 Å². The number of hydrogen-bond donors (Lipinski definition) is 1. The lowest BCUT2D eigenvalue weighted by Gasteiger charge is -2.53. The molecule has 2 fully saturated rings. The van der Waals surface area contributed by atoms with Crippen LogP contribution >= 0.6 is 0 Å². The first-order chi connectivity index (χ1) is 8.88. The van der Waals surface area contributed by atoms with Crippen molar-refractivity contribution in [2.24, 2.45) is 28.9 Å². The lowest BCUT2D eigenvalue weighted by atomic mass is 9.55. The maximum atomic E-state index is 7.05. The Morgan fingerprint density at radius 3 is 2.16 bits per heavy atom. The lowest BCUT2D eigenvalue weighted by Crippen LogP contribution is -2.59. The molecule has 2 unspecified atom stereocenters. The maximum absolute atomic E-state index is 7.05. The van der Waals surface area contributed by atoms with Gasteiger partial charge in [-0.3, -0.25) is 0 Å². The normalized spacial score (nSPS) is 41.2. The predicted molar refractivity (Wildman–Crippen MR) is 84.1 cm³/mol. The fourth-order valence-corrected chi connectivity index (χ4v) is 5.06. The van der Waals surface area contributed by atoms with Crippen LogP contribution in [0.15, 0.2) is 0 Å². The molecule has 0 radical (unpaired) electrons. The first-order valence-electron chi connectivity index (χ1n) is 8.66. The third-order valence-corrected chi connectivity index (χ3v) is 6.23. The molecule has 2 atom stereocenters. The lowest BCUT2D eigenvalue weighted by molar-refractivity contribution is 0.0159. The molecule has 0 aromatic heterocycles. The molecule has 19 heavy (non-hydrogen) atoms. The van der Waals surface area contributed by atoms with Gasteiger partial charge in [0.2, 0.25) is 0 Å². The second-order valence-electron chi connectivity index (χ2n) is 8.40. The number of rotatable bonds is 2. The van der Waals surface area contributed by atoms with Gasteiger partial charge in [-0.15, -0.1) is 0 Å². The van der Waals surface area contributed by atoms with E-state index < -0.39 is 0 Å². The molecule has 0 aromatic carbocycles. The molecule has 0 aliphatic heterocycles. The highest BCUT2D eigenvalue weighted by atomic mass is 14.8. The molecular weight excluding hydrogens is 230 g/mol. The topological polar surface area (TPSA) is 26.0 Å². The Balaban J connectivity index is 2.10. The summed E-state index contributed by atoms with van der Waals surface area (Å²) in [6.45, 7) is 9.56. The van der Waals surface area contributed by atoms with Crippen molar-refractivity contribution in [3.8, 4) is 0 Å². The zero-order valence-electron chi connectivity index (χ0n) is 13.7. The molecule has 2 saturated carbocycles. The molecule has 0 saturated heterocycles. The largest absolute Gasteiger partial charge is 0.325 e. The van der Waals surface area contributed by atoms with Gasteiger partial charge in [-0.2, -0.15) is 0 Å². The number of hydrogen-bond acceptors (Lipinski definition) is 1. The summed E-state index contributed by atoms with van der Waals surface area (Å²) >= 11 is 0. The fourth-order valence-electron chi connectivity index (χ4n) is 5.06. The SMILES string of the molecule is CCC1CCC(C2(N)CCCCC2C(C)(C)C)CC1. The van der Waals surface area contributed by atoms with Gasteiger partial charge in [-0.1, -0.05) is 59.8 Å². The third-order valence-electron chi connectivity index (χ3n) is 6.23. The van der Waals surface area contributed by atoms with Gasteiger partial charge in [0, 0.05) is 5.54 Å². The van der Waals surface area contributed by atoms with Crippen molar-refractivity contribution in [2.75, 3.05) is 0 Å². The Morgan fingerprint density at radius 1 is 1.00 bits per heavy atom. The van der Waals surface area contributed by atoms with Gasteiger partial charge in [-0.25, -0.2) is 0 Å². The van der Waals surface area contributed by atoms with Crippen molar-refractivity contribution in [1.82, 2.24) is 0 Å². The van der Waals surface area contributed by atoms with Gasteiger partial charge in [0.25, 0.3) is 0 Å². The Bertz CT molecular complexity index is 283. The van der Waals surface area contributed by atoms with Crippen LogP contribution in [-0.2, 0) is 0 Å². The molecule has 0 spiro atoms. The molecule has 0 bridgehead atoms. The molecule has 0 amide bonds. The van der Waals surface area contributed by atoms with Gasteiger partial charge >= 0.3 is 0 Å². The zero-order chi connectivity index (χ0) is 14.1. The Labute approximate surface area is 120 Å². The van der Waals surface area contributed by atoms with Crippen LogP contribution in [0.5, 0.6) is 0 Å². The van der Waals surface area contributed by atoms with E-state index in [0.717, 1.165) is 17.8 Å². The van der Waals surface area contributed by atoms with Gasteiger partial charge in [0.05, 0.1) is 0 Å². The summed E-state index contributed by atoms with van der Waals surface area (Å²) in [6.07, 6.45) is 12.4. The minimum atomic E-state index is 0.134. The van der Waals surface area contributed by atoms with E-state index >= 15 is 0 Å². The van der Waals surface area contributed by atoms with Crippen molar-refractivity contribution >= 4 is 0 Å². The average molecular weight is 265 g/mol. The third kappa shape index (κ3) is 3.17. The van der Waals surface area contributed by atoms with Crippen molar-refractivity contribution in [2.45, 2.75) is 91.0 Å². The quantitative estimate of drug-likeness (QED) is 0.735. The van der Waals surface area contributed by atoms with Crippen LogP contribution in [0, 0.1) is 23.2 Å². The van der Waals surface area contributed by atoms with E-state index in [4.69, 9.17) is 5.73 Å². The van der Waals surface area contributed by atoms with Crippen LogP contribution in [0.1, 0.15) is 85.5 Å². The van der Waals surface area contributed by atoms with Crippen LogP contribution in [0.2, 0.25) is 0 Å². The molecule has 2 rings (SSSR count). The zero-order valence-corrected chi connectivity index (χ0v) is 13.7. The van der Waals surface area contributed by atoms with E-state index in [1.165, 1.54) is 57.8 Å². The summed E-state index contributed by atoms with van der Waals surface area (Å²) in [5, 5.41) is 0. The van der Waals surface area contributed by atoms with Gasteiger partial charge in [0.15, 0.2) is 0 Å². The summed E-state index contributed by atoms with van der Waals surface area (Å²) in [5.41, 5.74) is 7.56. The molecule has 2 N–H and O–H groups in total. The van der Waals surface area contributed by atoms with Crippen LogP contribution in [-0.4, -0.2) is 5.54 Å². The summed E-state index contributed by atoms with van der Waals surface area (Å²) in [4.78, 5) is 0. The molecule has 2 aliphatic rings. The fraction of sp³-hybridized carbons (Fsp3) is 1.00. The molecular formula is C18H35N. The number of nitrogens with two attached hydrogens (primary N) is 1. The van der Waals surface area contributed by atoms with Crippen molar-refractivity contribution in [1.29, 1.82) is 0 Å². The van der Waals surface area contributed by atoms with Gasteiger partial charge in [-0.05, 0) is 48.9 Å². The van der Waals surface area contributed by atoms with Crippen molar-refractivity contribution < 1.29 is 0 Å². The molecule has 1 heteroatoms. The highest BCUT2D eigenvalue weighted by Crippen LogP contribution is 2.50. The first-order valence-corrected chi connectivity index (χ1v) is 8.66.